The first-order valence-electron chi connectivity index (χ1n) is 6.16. The molecule has 1 rings (SSSR count). The van der Waals surface area contributed by atoms with Gasteiger partial charge in [0, 0.05) is 10.9 Å². The number of benzene rings is 1. The molecule has 1 unspecified atom stereocenters. The van der Waals surface area contributed by atoms with Crippen LogP contribution in [-0.4, -0.2) is 18.3 Å². The average Bonchev–Trinajstić information content (AvgIpc) is 2.27. The molecule has 0 bridgehead atoms. The van der Waals surface area contributed by atoms with E-state index in [4.69, 9.17) is 0 Å². The molecule has 0 spiro atoms. The Kier molecular flexibility index (Phi) is 6.58. The molecule has 16 heavy (non-hydrogen) atoms. The van der Waals surface area contributed by atoms with E-state index in [0.29, 0.717) is 6.04 Å². The SMILES string of the molecule is CCNC(C)CCCSc1ccccc1C. The van der Waals surface area contributed by atoms with Crippen molar-refractivity contribution in [1.29, 1.82) is 0 Å². The molecule has 0 saturated heterocycles. The largest absolute Gasteiger partial charge is 0.315 e. The van der Waals surface area contributed by atoms with Gasteiger partial charge in [-0.1, -0.05) is 25.1 Å². The predicted octanol–water partition coefficient (Wildman–Crippen LogP) is 3.87. The highest BCUT2D eigenvalue weighted by atomic mass is 32.2. The quantitative estimate of drug-likeness (QED) is 0.571. The van der Waals surface area contributed by atoms with Crippen LogP contribution in [0.25, 0.3) is 0 Å². The Morgan fingerprint density at radius 1 is 1.31 bits per heavy atom. The molecule has 90 valence electrons. The molecular formula is C14H23NS. The molecule has 0 aliphatic heterocycles. The molecule has 0 aliphatic rings. The minimum absolute atomic E-state index is 0.655. The zero-order valence-corrected chi connectivity index (χ0v) is 11.4. The van der Waals surface area contributed by atoms with E-state index in [1.54, 1.807) is 0 Å². The lowest BCUT2D eigenvalue weighted by atomic mass is 10.2. The van der Waals surface area contributed by atoms with Crippen molar-refractivity contribution >= 4 is 11.8 Å². The molecule has 1 atom stereocenters. The van der Waals surface area contributed by atoms with E-state index in [-0.39, 0.29) is 0 Å². The first-order chi connectivity index (χ1) is 7.74. The molecule has 2 heteroatoms. The van der Waals surface area contributed by atoms with Crippen LogP contribution in [0.2, 0.25) is 0 Å². The molecule has 0 fully saturated rings. The van der Waals surface area contributed by atoms with E-state index in [2.05, 4.69) is 50.4 Å². The van der Waals surface area contributed by atoms with Gasteiger partial charge in [0.25, 0.3) is 0 Å². The molecule has 0 heterocycles. The van der Waals surface area contributed by atoms with E-state index in [9.17, 15) is 0 Å². The Hall–Kier alpha value is -0.470. The van der Waals surface area contributed by atoms with Gasteiger partial charge in [-0.15, -0.1) is 11.8 Å². The summed E-state index contributed by atoms with van der Waals surface area (Å²) in [6.07, 6.45) is 2.56. The molecule has 1 N–H and O–H groups in total. The monoisotopic (exact) mass is 237 g/mol. The summed E-state index contributed by atoms with van der Waals surface area (Å²) in [5, 5.41) is 3.45. The number of aryl methyl sites for hydroxylation is 1. The van der Waals surface area contributed by atoms with Gasteiger partial charge in [-0.3, -0.25) is 0 Å². The van der Waals surface area contributed by atoms with Crippen molar-refractivity contribution in [3.05, 3.63) is 29.8 Å². The van der Waals surface area contributed by atoms with E-state index >= 15 is 0 Å². The fourth-order valence-corrected chi connectivity index (χ4v) is 2.74. The molecule has 0 amide bonds. The third kappa shape index (κ3) is 5.04. The minimum Gasteiger partial charge on any atom is -0.315 e. The fraction of sp³-hybridized carbons (Fsp3) is 0.571. The first-order valence-corrected chi connectivity index (χ1v) is 7.14. The summed E-state index contributed by atoms with van der Waals surface area (Å²) in [7, 11) is 0. The van der Waals surface area contributed by atoms with Crippen molar-refractivity contribution in [2.75, 3.05) is 12.3 Å². The summed E-state index contributed by atoms with van der Waals surface area (Å²) in [4.78, 5) is 1.43. The number of hydrogen-bond donors (Lipinski definition) is 1. The van der Waals surface area contributed by atoms with Gasteiger partial charge in [0.2, 0.25) is 0 Å². The van der Waals surface area contributed by atoms with Gasteiger partial charge < -0.3 is 5.32 Å². The van der Waals surface area contributed by atoms with Crippen LogP contribution in [-0.2, 0) is 0 Å². The van der Waals surface area contributed by atoms with Gasteiger partial charge in [0.05, 0.1) is 0 Å². The summed E-state index contributed by atoms with van der Waals surface area (Å²) in [6, 6.07) is 9.28. The second-order valence-corrected chi connectivity index (χ2v) is 5.35. The van der Waals surface area contributed by atoms with Gasteiger partial charge in [0.15, 0.2) is 0 Å². The summed E-state index contributed by atoms with van der Waals surface area (Å²) < 4.78 is 0. The fourth-order valence-electron chi connectivity index (χ4n) is 1.74. The standard InChI is InChI=1S/C14H23NS/c1-4-15-13(3)9-7-11-16-14-10-6-5-8-12(14)2/h5-6,8,10,13,15H,4,7,9,11H2,1-3H3. The van der Waals surface area contributed by atoms with E-state index < -0.39 is 0 Å². The van der Waals surface area contributed by atoms with Crippen LogP contribution in [0.15, 0.2) is 29.2 Å². The second-order valence-electron chi connectivity index (χ2n) is 4.21. The van der Waals surface area contributed by atoms with Crippen molar-refractivity contribution in [2.24, 2.45) is 0 Å². The molecule has 0 radical (unpaired) electrons. The molecule has 0 aromatic heterocycles. The maximum absolute atomic E-state index is 3.45. The van der Waals surface area contributed by atoms with Crippen LogP contribution in [0.5, 0.6) is 0 Å². The Morgan fingerprint density at radius 3 is 2.75 bits per heavy atom. The lowest BCUT2D eigenvalue weighted by Gasteiger charge is -2.11. The highest BCUT2D eigenvalue weighted by Gasteiger charge is 2.01. The van der Waals surface area contributed by atoms with Crippen molar-refractivity contribution in [1.82, 2.24) is 5.32 Å². The Morgan fingerprint density at radius 2 is 2.06 bits per heavy atom. The topological polar surface area (TPSA) is 12.0 Å². The van der Waals surface area contributed by atoms with Gasteiger partial charge in [-0.05, 0) is 50.6 Å². The minimum atomic E-state index is 0.655. The van der Waals surface area contributed by atoms with Crippen LogP contribution < -0.4 is 5.32 Å². The van der Waals surface area contributed by atoms with Crippen molar-refractivity contribution in [3.8, 4) is 0 Å². The molecule has 1 nitrogen and oxygen atoms in total. The third-order valence-corrected chi connectivity index (χ3v) is 3.95. The first kappa shape index (κ1) is 13.6. The number of rotatable bonds is 7. The highest BCUT2D eigenvalue weighted by Crippen LogP contribution is 2.22. The Bertz CT molecular complexity index is 299. The molecule has 1 aromatic carbocycles. The van der Waals surface area contributed by atoms with Gasteiger partial charge in [-0.2, -0.15) is 0 Å². The zero-order valence-electron chi connectivity index (χ0n) is 10.6. The number of nitrogens with one attached hydrogen (secondary N) is 1. The van der Waals surface area contributed by atoms with Crippen LogP contribution in [0.4, 0.5) is 0 Å². The molecule has 1 aromatic rings. The van der Waals surface area contributed by atoms with Crippen LogP contribution in [0.1, 0.15) is 32.3 Å². The zero-order chi connectivity index (χ0) is 11.8. The van der Waals surface area contributed by atoms with E-state index in [0.717, 1.165) is 6.54 Å². The molecular weight excluding hydrogens is 214 g/mol. The smallest absolute Gasteiger partial charge is 0.0101 e. The highest BCUT2D eigenvalue weighted by molar-refractivity contribution is 7.99. The van der Waals surface area contributed by atoms with Crippen LogP contribution >= 0.6 is 11.8 Å². The van der Waals surface area contributed by atoms with Gasteiger partial charge in [0.1, 0.15) is 0 Å². The third-order valence-electron chi connectivity index (χ3n) is 2.69. The van der Waals surface area contributed by atoms with Crippen molar-refractivity contribution < 1.29 is 0 Å². The summed E-state index contributed by atoms with van der Waals surface area (Å²) in [5.74, 6) is 1.22. The van der Waals surface area contributed by atoms with Gasteiger partial charge >= 0.3 is 0 Å². The lowest BCUT2D eigenvalue weighted by molar-refractivity contribution is 0.526. The van der Waals surface area contributed by atoms with Crippen LogP contribution in [0, 0.1) is 6.92 Å². The summed E-state index contributed by atoms with van der Waals surface area (Å²) >= 11 is 1.98. The molecule has 0 aliphatic carbocycles. The van der Waals surface area contributed by atoms with Gasteiger partial charge in [-0.25, -0.2) is 0 Å². The second kappa shape index (κ2) is 7.75. The number of thioether (sulfide) groups is 1. The summed E-state index contributed by atoms with van der Waals surface area (Å²) in [5.41, 5.74) is 1.40. The maximum atomic E-state index is 3.45. The summed E-state index contributed by atoms with van der Waals surface area (Å²) in [6.45, 7) is 7.69. The predicted molar refractivity (Wildman–Crippen MR) is 74.3 cm³/mol. The average molecular weight is 237 g/mol. The normalized spacial score (nSPS) is 12.7. The Balaban J connectivity index is 2.19. The molecule has 0 saturated carbocycles. The Labute approximate surface area is 104 Å². The van der Waals surface area contributed by atoms with Crippen molar-refractivity contribution in [2.45, 2.75) is 44.6 Å². The number of hydrogen-bond acceptors (Lipinski definition) is 2. The maximum Gasteiger partial charge on any atom is 0.0101 e. The van der Waals surface area contributed by atoms with Crippen LogP contribution in [0.3, 0.4) is 0 Å². The van der Waals surface area contributed by atoms with Crippen molar-refractivity contribution in [3.63, 3.8) is 0 Å². The van der Waals surface area contributed by atoms with E-state index in [1.807, 2.05) is 11.8 Å². The lowest BCUT2D eigenvalue weighted by Crippen LogP contribution is -2.25. The van der Waals surface area contributed by atoms with E-state index in [1.165, 1.54) is 29.1 Å².